The zero-order valence-corrected chi connectivity index (χ0v) is 20.1. The van der Waals surface area contributed by atoms with Crippen molar-refractivity contribution in [1.82, 2.24) is 15.1 Å². The molecule has 2 aromatic rings. The number of fused-ring (bicyclic) bond motifs is 1. The predicted octanol–water partition coefficient (Wildman–Crippen LogP) is 3.84. The number of benzene rings is 2. The molecule has 0 spiro atoms. The third-order valence-electron chi connectivity index (χ3n) is 8.23. The van der Waals surface area contributed by atoms with E-state index in [0.717, 1.165) is 74.9 Å². The predicted molar refractivity (Wildman–Crippen MR) is 134 cm³/mol. The fourth-order valence-electron chi connectivity index (χ4n) is 6.18. The van der Waals surface area contributed by atoms with Gasteiger partial charge in [0, 0.05) is 49.7 Å². The van der Waals surface area contributed by atoms with Gasteiger partial charge in [0.2, 0.25) is 5.91 Å². The fourth-order valence-corrected chi connectivity index (χ4v) is 6.18. The van der Waals surface area contributed by atoms with Crippen LogP contribution in [0.5, 0.6) is 0 Å². The molecule has 3 aliphatic rings. The number of rotatable bonds is 5. The topological polar surface area (TPSA) is 61.9 Å². The van der Waals surface area contributed by atoms with E-state index >= 15 is 0 Å². The molecule has 0 atom stereocenters. The number of hydrogen-bond acceptors (Lipinski definition) is 4. The van der Waals surface area contributed by atoms with Crippen LogP contribution in [0.2, 0.25) is 0 Å². The lowest BCUT2D eigenvalue weighted by Crippen LogP contribution is -2.60. The molecule has 0 aromatic heterocycles. The highest BCUT2D eigenvalue weighted by atomic mass is 16.5. The van der Waals surface area contributed by atoms with E-state index in [2.05, 4.69) is 10.2 Å². The third kappa shape index (κ3) is 4.84. The number of amides is 2. The molecule has 34 heavy (non-hydrogen) atoms. The maximum atomic E-state index is 13.2. The molecular formula is C28H37N3O3. The highest BCUT2D eigenvalue weighted by Crippen LogP contribution is 2.34. The number of hydrogen-bond donors (Lipinski definition) is 1. The number of ether oxygens (including phenoxy) is 1. The first-order valence-electron chi connectivity index (χ1n) is 13.0. The molecule has 2 aromatic carbocycles. The van der Waals surface area contributed by atoms with Crippen molar-refractivity contribution in [2.24, 2.45) is 5.92 Å². The van der Waals surface area contributed by atoms with E-state index in [0.29, 0.717) is 13.1 Å². The minimum atomic E-state index is -0.0121. The molecule has 6 nitrogen and oxygen atoms in total. The average molecular weight is 464 g/mol. The molecule has 2 aliphatic heterocycles. The van der Waals surface area contributed by atoms with Gasteiger partial charge >= 0.3 is 0 Å². The lowest BCUT2D eigenvalue weighted by Gasteiger charge is -2.48. The van der Waals surface area contributed by atoms with Crippen molar-refractivity contribution in [2.45, 2.75) is 50.5 Å². The minimum absolute atomic E-state index is 0.0121. The highest BCUT2D eigenvalue weighted by Gasteiger charge is 2.39. The summed E-state index contributed by atoms with van der Waals surface area (Å²) in [5.74, 6) is 0.224. The van der Waals surface area contributed by atoms with Gasteiger partial charge in [-0.2, -0.15) is 0 Å². The van der Waals surface area contributed by atoms with Gasteiger partial charge in [0.05, 0.1) is 13.2 Å². The Labute approximate surface area is 202 Å². The minimum Gasteiger partial charge on any atom is -0.379 e. The fraction of sp³-hybridized carbons (Fsp3) is 0.571. The molecule has 3 fully saturated rings. The lowest BCUT2D eigenvalue weighted by atomic mass is 9.79. The highest BCUT2D eigenvalue weighted by molar-refractivity contribution is 6.07. The van der Waals surface area contributed by atoms with E-state index in [9.17, 15) is 9.59 Å². The molecule has 2 amide bonds. The number of likely N-dealkylation sites (tertiary alicyclic amines) is 1. The van der Waals surface area contributed by atoms with Crippen molar-refractivity contribution in [3.05, 3.63) is 48.0 Å². The van der Waals surface area contributed by atoms with Crippen LogP contribution in [0.15, 0.2) is 42.5 Å². The van der Waals surface area contributed by atoms with Crippen LogP contribution in [0.3, 0.4) is 0 Å². The Morgan fingerprint density at radius 3 is 2.38 bits per heavy atom. The molecule has 1 saturated carbocycles. The zero-order chi connectivity index (χ0) is 23.4. The first-order valence-corrected chi connectivity index (χ1v) is 13.0. The number of nitrogens with one attached hydrogen (secondary N) is 1. The average Bonchev–Trinajstić information content (AvgIpc) is 2.92. The van der Waals surface area contributed by atoms with Gasteiger partial charge in [0.25, 0.3) is 5.91 Å². The SMILES string of the molecule is O=C(NCC1(N2CCOCC2)CCCCC1)C1CCN(C(=O)c2cccc3ccccc23)CC1. The molecule has 5 rings (SSSR count). The number of carbonyl (C=O) groups is 2. The summed E-state index contributed by atoms with van der Waals surface area (Å²) in [5.41, 5.74) is 0.841. The van der Waals surface area contributed by atoms with E-state index in [4.69, 9.17) is 4.74 Å². The lowest BCUT2D eigenvalue weighted by molar-refractivity contribution is -0.127. The number of morpholine rings is 1. The zero-order valence-electron chi connectivity index (χ0n) is 20.1. The first-order chi connectivity index (χ1) is 16.7. The quantitative estimate of drug-likeness (QED) is 0.732. The largest absolute Gasteiger partial charge is 0.379 e. The summed E-state index contributed by atoms with van der Waals surface area (Å²) < 4.78 is 5.58. The summed E-state index contributed by atoms with van der Waals surface area (Å²) in [5, 5.41) is 5.41. The van der Waals surface area contributed by atoms with Crippen LogP contribution in [0.4, 0.5) is 0 Å². The van der Waals surface area contributed by atoms with Gasteiger partial charge in [0.15, 0.2) is 0 Å². The Bertz CT molecular complexity index is 998. The second-order valence-corrected chi connectivity index (χ2v) is 10.2. The molecule has 0 bridgehead atoms. The summed E-state index contributed by atoms with van der Waals surface area (Å²) in [6.45, 7) is 5.51. The van der Waals surface area contributed by atoms with Gasteiger partial charge in [-0.1, -0.05) is 55.7 Å². The Morgan fingerprint density at radius 1 is 0.912 bits per heavy atom. The van der Waals surface area contributed by atoms with Gasteiger partial charge in [-0.05, 0) is 42.5 Å². The summed E-state index contributed by atoms with van der Waals surface area (Å²) >= 11 is 0. The smallest absolute Gasteiger partial charge is 0.254 e. The van der Waals surface area contributed by atoms with Gasteiger partial charge in [-0.3, -0.25) is 14.5 Å². The molecular weight excluding hydrogens is 426 g/mol. The monoisotopic (exact) mass is 463 g/mol. The Kier molecular flexibility index (Phi) is 7.16. The molecule has 1 N–H and O–H groups in total. The van der Waals surface area contributed by atoms with E-state index in [1.54, 1.807) is 0 Å². The van der Waals surface area contributed by atoms with Crippen LogP contribution < -0.4 is 5.32 Å². The van der Waals surface area contributed by atoms with Crippen LogP contribution in [-0.4, -0.2) is 73.1 Å². The van der Waals surface area contributed by atoms with Crippen molar-refractivity contribution in [3.8, 4) is 0 Å². The van der Waals surface area contributed by atoms with E-state index in [-0.39, 0.29) is 23.3 Å². The van der Waals surface area contributed by atoms with Crippen LogP contribution in [0, 0.1) is 5.92 Å². The summed E-state index contributed by atoms with van der Waals surface area (Å²) in [7, 11) is 0. The molecule has 182 valence electrons. The standard InChI is InChI=1S/C28H37N3O3/c32-26(29-21-28(13-4-1-5-14-28)31-17-19-34-20-18-31)23-11-15-30(16-12-23)27(33)25-10-6-8-22-7-2-3-9-24(22)25/h2-3,6-10,23H,1,4-5,11-21H2,(H,29,32). The van der Waals surface area contributed by atoms with Crippen molar-refractivity contribution < 1.29 is 14.3 Å². The Hall–Kier alpha value is -2.44. The van der Waals surface area contributed by atoms with Crippen molar-refractivity contribution in [3.63, 3.8) is 0 Å². The molecule has 2 heterocycles. The summed E-state index contributed by atoms with van der Waals surface area (Å²) in [6.07, 6.45) is 7.54. The normalized spacial score (nSPS) is 21.9. The van der Waals surface area contributed by atoms with E-state index in [1.807, 2.05) is 47.4 Å². The summed E-state index contributed by atoms with van der Waals surface area (Å²) in [4.78, 5) is 30.9. The van der Waals surface area contributed by atoms with Crippen LogP contribution in [0.25, 0.3) is 10.8 Å². The number of piperidine rings is 1. The van der Waals surface area contributed by atoms with Crippen molar-refractivity contribution in [2.75, 3.05) is 45.9 Å². The summed E-state index contributed by atoms with van der Waals surface area (Å²) in [6, 6.07) is 13.9. The van der Waals surface area contributed by atoms with E-state index in [1.165, 1.54) is 19.3 Å². The Balaban J connectivity index is 1.17. The third-order valence-corrected chi connectivity index (χ3v) is 8.23. The van der Waals surface area contributed by atoms with Crippen LogP contribution in [-0.2, 0) is 9.53 Å². The molecule has 6 heteroatoms. The van der Waals surface area contributed by atoms with Gasteiger partial charge < -0.3 is 15.0 Å². The van der Waals surface area contributed by atoms with Gasteiger partial charge in [-0.15, -0.1) is 0 Å². The van der Waals surface area contributed by atoms with Crippen LogP contribution in [0.1, 0.15) is 55.3 Å². The van der Waals surface area contributed by atoms with Gasteiger partial charge in [0.1, 0.15) is 0 Å². The van der Waals surface area contributed by atoms with Gasteiger partial charge in [-0.25, -0.2) is 0 Å². The second kappa shape index (κ2) is 10.4. The number of nitrogens with zero attached hydrogens (tertiary/aromatic N) is 2. The maximum Gasteiger partial charge on any atom is 0.254 e. The molecule has 1 aliphatic carbocycles. The van der Waals surface area contributed by atoms with Crippen molar-refractivity contribution >= 4 is 22.6 Å². The number of carbonyl (C=O) groups excluding carboxylic acids is 2. The van der Waals surface area contributed by atoms with E-state index < -0.39 is 0 Å². The Morgan fingerprint density at radius 2 is 1.62 bits per heavy atom. The molecule has 2 saturated heterocycles. The molecule has 0 radical (unpaired) electrons. The second-order valence-electron chi connectivity index (χ2n) is 10.2. The van der Waals surface area contributed by atoms with Crippen LogP contribution >= 0.6 is 0 Å². The first kappa shape index (κ1) is 23.3. The van der Waals surface area contributed by atoms with Crippen molar-refractivity contribution in [1.29, 1.82) is 0 Å². The molecule has 0 unspecified atom stereocenters. The maximum absolute atomic E-state index is 13.2.